The molecule has 2 aromatic rings. The van der Waals surface area contributed by atoms with E-state index >= 15 is 0 Å². The number of para-hydroxylation sites is 1. The SMILES string of the molecule is COc1ccc(S(=O)(=O)N(c2ccccc2)C2CCN(C(=O)OCC(Cl)(Cl)Cl)CC2)cc1. The number of nitrogens with zero attached hydrogens (tertiary/aromatic N) is 2. The highest BCUT2D eigenvalue weighted by Gasteiger charge is 2.35. The number of anilines is 1. The van der Waals surface area contributed by atoms with Crippen LogP contribution < -0.4 is 9.04 Å². The third kappa shape index (κ3) is 6.13. The van der Waals surface area contributed by atoms with Gasteiger partial charge in [0.1, 0.15) is 12.4 Å². The minimum Gasteiger partial charge on any atom is -0.497 e. The Bertz CT molecular complexity index is 1010. The summed E-state index contributed by atoms with van der Waals surface area (Å²) in [5.41, 5.74) is 0.556. The van der Waals surface area contributed by atoms with Gasteiger partial charge in [-0.2, -0.15) is 0 Å². The Morgan fingerprint density at radius 3 is 2.19 bits per heavy atom. The first-order chi connectivity index (χ1) is 15.1. The number of carbonyl (C=O) groups is 1. The van der Waals surface area contributed by atoms with Gasteiger partial charge in [0.15, 0.2) is 0 Å². The van der Waals surface area contributed by atoms with Gasteiger partial charge in [0, 0.05) is 19.1 Å². The van der Waals surface area contributed by atoms with E-state index in [1.807, 2.05) is 6.07 Å². The number of alkyl halides is 3. The molecule has 11 heteroatoms. The molecule has 32 heavy (non-hydrogen) atoms. The molecule has 1 saturated heterocycles. The van der Waals surface area contributed by atoms with Crippen LogP contribution in [-0.2, 0) is 14.8 Å². The van der Waals surface area contributed by atoms with Crippen LogP contribution in [0, 0.1) is 0 Å². The Labute approximate surface area is 202 Å². The van der Waals surface area contributed by atoms with Gasteiger partial charge in [-0.3, -0.25) is 4.31 Å². The summed E-state index contributed by atoms with van der Waals surface area (Å²) in [6.45, 7) is 0.258. The first kappa shape index (κ1) is 24.8. The first-order valence-corrected chi connectivity index (χ1v) is 12.4. The molecule has 1 fully saturated rings. The van der Waals surface area contributed by atoms with E-state index in [1.165, 1.54) is 28.4 Å². The summed E-state index contributed by atoms with van der Waals surface area (Å²) < 4.78 is 37.1. The summed E-state index contributed by atoms with van der Waals surface area (Å²) in [5, 5.41) is 0. The van der Waals surface area contributed by atoms with Crippen molar-refractivity contribution in [3.05, 3.63) is 54.6 Å². The van der Waals surface area contributed by atoms with Crippen LogP contribution in [0.2, 0.25) is 0 Å². The number of hydrogen-bond donors (Lipinski definition) is 0. The zero-order chi connectivity index (χ0) is 23.4. The van der Waals surface area contributed by atoms with Crippen LogP contribution >= 0.6 is 34.8 Å². The van der Waals surface area contributed by atoms with Crippen molar-refractivity contribution in [2.75, 3.05) is 31.1 Å². The molecule has 0 N–H and O–H groups in total. The number of benzene rings is 2. The predicted octanol–water partition coefficient (Wildman–Crippen LogP) is 4.86. The number of piperidine rings is 1. The minimum absolute atomic E-state index is 0.159. The molecule has 0 radical (unpaired) electrons. The molecule has 0 unspecified atom stereocenters. The second-order valence-electron chi connectivity index (χ2n) is 7.20. The quantitative estimate of drug-likeness (QED) is 0.507. The van der Waals surface area contributed by atoms with Crippen molar-refractivity contribution < 1.29 is 22.7 Å². The van der Waals surface area contributed by atoms with Crippen LogP contribution in [0.5, 0.6) is 5.75 Å². The number of amides is 1. The van der Waals surface area contributed by atoms with Gasteiger partial charge < -0.3 is 14.4 Å². The Morgan fingerprint density at radius 1 is 1.06 bits per heavy atom. The van der Waals surface area contributed by atoms with Crippen molar-refractivity contribution in [2.24, 2.45) is 0 Å². The Kier molecular flexibility index (Phi) is 8.03. The van der Waals surface area contributed by atoms with Gasteiger partial charge in [-0.05, 0) is 49.2 Å². The molecule has 1 heterocycles. The normalized spacial score (nSPS) is 15.3. The lowest BCUT2D eigenvalue weighted by Gasteiger charge is -2.38. The van der Waals surface area contributed by atoms with Crippen molar-refractivity contribution in [3.8, 4) is 5.75 Å². The van der Waals surface area contributed by atoms with Gasteiger partial charge in [-0.25, -0.2) is 13.2 Å². The maximum absolute atomic E-state index is 13.6. The molecule has 1 aliphatic heterocycles. The summed E-state index contributed by atoms with van der Waals surface area (Å²) >= 11 is 16.9. The van der Waals surface area contributed by atoms with Crippen LogP contribution in [0.4, 0.5) is 10.5 Å². The second-order valence-corrected chi connectivity index (χ2v) is 11.5. The monoisotopic (exact) mass is 520 g/mol. The predicted molar refractivity (Wildman–Crippen MR) is 125 cm³/mol. The fourth-order valence-corrected chi connectivity index (χ4v) is 5.37. The molecule has 174 valence electrons. The third-order valence-corrected chi connectivity index (χ3v) is 7.26. The fourth-order valence-electron chi connectivity index (χ4n) is 3.50. The first-order valence-electron chi connectivity index (χ1n) is 9.84. The number of hydrogen-bond acceptors (Lipinski definition) is 5. The number of sulfonamides is 1. The standard InChI is InChI=1S/C21H23Cl3N2O5S/c1-30-18-7-9-19(10-8-18)32(28,29)26(16-5-3-2-4-6-16)17-11-13-25(14-12-17)20(27)31-15-21(22,23)24/h2-10,17H,11-15H2,1H3. The molecule has 1 aliphatic rings. The van der Waals surface area contributed by atoms with E-state index in [9.17, 15) is 13.2 Å². The molecular weight excluding hydrogens is 499 g/mol. The lowest BCUT2D eigenvalue weighted by atomic mass is 10.0. The van der Waals surface area contributed by atoms with E-state index in [0.717, 1.165) is 0 Å². The molecule has 0 saturated carbocycles. The maximum Gasteiger partial charge on any atom is 0.409 e. The smallest absolute Gasteiger partial charge is 0.409 e. The van der Waals surface area contributed by atoms with Gasteiger partial charge in [-0.1, -0.05) is 53.0 Å². The molecule has 2 aromatic carbocycles. The van der Waals surface area contributed by atoms with Crippen LogP contribution in [0.25, 0.3) is 0 Å². The molecule has 7 nitrogen and oxygen atoms in total. The average molecular weight is 522 g/mol. The summed E-state index contributed by atoms with van der Waals surface area (Å²) in [4.78, 5) is 13.9. The summed E-state index contributed by atoms with van der Waals surface area (Å²) in [5.74, 6) is 0.567. The highest BCUT2D eigenvalue weighted by atomic mass is 35.6. The lowest BCUT2D eigenvalue weighted by molar-refractivity contribution is 0.0948. The van der Waals surface area contributed by atoms with Crippen molar-refractivity contribution in [2.45, 2.75) is 27.6 Å². The maximum atomic E-state index is 13.6. The fraction of sp³-hybridized carbons (Fsp3) is 0.381. The highest BCUT2D eigenvalue weighted by molar-refractivity contribution is 7.92. The summed E-state index contributed by atoms with van der Waals surface area (Å²) in [6, 6.07) is 14.8. The van der Waals surface area contributed by atoms with E-state index in [0.29, 0.717) is 37.4 Å². The lowest BCUT2D eigenvalue weighted by Crippen LogP contribution is -2.49. The van der Waals surface area contributed by atoms with Gasteiger partial charge in [-0.15, -0.1) is 0 Å². The molecule has 0 bridgehead atoms. The van der Waals surface area contributed by atoms with Gasteiger partial charge in [0.25, 0.3) is 10.0 Å². The zero-order valence-electron chi connectivity index (χ0n) is 17.3. The topological polar surface area (TPSA) is 76.2 Å². The second kappa shape index (κ2) is 10.4. The zero-order valence-corrected chi connectivity index (χ0v) is 20.4. The Hall–Kier alpha value is -1.87. The molecule has 0 aliphatic carbocycles. The molecule has 0 atom stereocenters. The molecule has 0 aromatic heterocycles. The van der Waals surface area contributed by atoms with Crippen molar-refractivity contribution >= 4 is 56.6 Å². The van der Waals surface area contributed by atoms with Crippen molar-refractivity contribution in [1.29, 1.82) is 0 Å². The minimum atomic E-state index is -3.86. The summed E-state index contributed by atoms with van der Waals surface area (Å²) in [6.07, 6.45) is 0.249. The van der Waals surface area contributed by atoms with Crippen LogP contribution in [-0.4, -0.2) is 56.1 Å². The number of methoxy groups -OCH3 is 1. The number of ether oxygens (including phenoxy) is 2. The Morgan fingerprint density at radius 2 is 1.66 bits per heavy atom. The van der Waals surface area contributed by atoms with Gasteiger partial charge in [0.2, 0.25) is 3.79 Å². The number of rotatable bonds is 6. The van der Waals surface area contributed by atoms with Gasteiger partial charge >= 0.3 is 6.09 Å². The van der Waals surface area contributed by atoms with E-state index in [2.05, 4.69) is 0 Å². The van der Waals surface area contributed by atoms with Gasteiger partial charge in [0.05, 0.1) is 17.7 Å². The Balaban J connectivity index is 1.80. The third-order valence-electron chi connectivity index (χ3n) is 5.04. The number of likely N-dealkylation sites (tertiary alicyclic amines) is 1. The molecular formula is C21H23Cl3N2O5S. The summed E-state index contributed by atoms with van der Waals surface area (Å²) in [7, 11) is -2.34. The van der Waals surface area contributed by atoms with E-state index in [4.69, 9.17) is 44.3 Å². The van der Waals surface area contributed by atoms with E-state index in [1.54, 1.807) is 36.4 Å². The van der Waals surface area contributed by atoms with E-state index < -0.39 is 19.9 Å². The van der Waals surface area contributed by atoms with Crippen LogP contribution in [0.1, 0.15) is 12.8 Å². The molecule has 0 spiro atoms. The molecule has 1 amide bonds. The average Bonchev–Trinajstić information content (AvgIpc) is 2.78. The molecule has 3 rings (SSSR count). The highest BCUT2D eigenvalue weighted by Crippen LogP contribution is 2.31. The van der Waals surface area contributed by atoms with Crippen LogP contribution in [0.3, 0.4) is 0 Å². The van der Waals surface area contributed by atoms with E-state index in [-0.39, 0.29) is 17.5 Å². The van der Waals surface area contributed by atoms with Crippen molar-refractivity contribution in [1.82, 2.24) is 4.90 Å². The number of halogens is 3. The van der Waals surface area contributed by atoms with Crippen LogP contribution in [0.15, 0.2) is 59.5 Å². The number of carbonyl (C=O) groups excluding carboxylic acids is 1. The largest absolute Gasteiger partial charge is 0.497 e. The van der Waals surface area contributed by atoms with Crippen molar-refractivity contribution in [3.63, 3.8) is 0 Å².